The van der Waals surface area contributed by atoms with Crippen LogP contribution in [0, 0.1) is 5.92 Å². The quantitative estimate of drug-likeness (QED) is 0.453. The first-order chi connectivity index (χ1) is 12.0. The van der Waals surface area contributed by atoms with Crippen LogP contribution in [0.2, 0.25) is 0 Å². The van der Waals surface area contributed by atoms with Crippen molar-refractivity contribution in [1.29, 1.82) is 0 Å². The van der Waals surface area contributed by atoms with Gasteiger partial charge in [0.2, 0.25) is 0 Å². The number of allylic oxidation sites excluding steroid dienone is 1. The molecular formula is C20H26N2O3. The van der Waals surface area contributed by atoms with Gasteiger partial charge in [0, 0.05) is 23.6 Å². The van der Waals surface area contributed by atoms with E-state index in [4.69, 9.17) is 4.74 Å². The van der Waals surface area contributed by atoms with Gasteiger partial charge in [-0.15, -0.1) is 6.58 Å². The van der Waals surface area contributed by atoms with Gasteiger partial charge in [-0.1, -0.05) is 38.1 Å². The number of amides is 1. The SMILES string of the molecule is C=CCCCn1cc(C(=O)NC(C(=O)OC)C(C)C)c2ccccc21. The van der Waals surface area contributed by atoms with Crippen LogP contribution in [-0.4, -0.2) is 29.6 Å². The Hall–Kier alpha value is -2.56. The number of nitrogens with zero attached hydrogens (tertiary/aromatic N) is 1. The third-order valence-electron chi connectivity index (χ3n) is 4.25. The number of rotatable bonds is 8. The highest BCUT2D eigenvalue weighted by Gasteiger charge is 2.26. The third-order valence-corrected chi connectivity index (χ3v) is 4.25. The fourth-order valence-electron chi connectivity index (χ4n) is 2.86. The number of hydrogen-bond acceptors (Lipinski definition) is 3. The number of unbranched alkanes of at least 4 members (excludes halogenated alkanes) is 1. The van der Waals surface area contributed by atoms with Crippen LogP contribution in [0.15, 0.2) is 43.1 Å². The Morgan fingerprint density at radius 2 is 2.04 bits per heavy atom. The summed E-state index contributed by atoms with van der Waals surface area (Å²) in [4.78, 5) is 24.7. The summed E-state index contributed by atoms with van der Waals surface area (Å²) in [6.45, 7) is 8.30. The van der Waals surface area contributed by atoms with Gasteiger partial charge in [-0.2, -0.15) is 0 Å². The van der Waals surface area contributed by atoms with Crippen LogP contribution in [0.25, 0.3) is 10.9 Å². The highest BCUT2D eigenvalue weighted by atomic mass is 16.5. The minimum atomic E-state index is -0.666. The van der Waals surface area contributed by atoms with Gasteiger partial charge in [0.15, 0.2) is 0 Å². The van der Waals surface area contributed by atoms with Crippen LogP contribution in [0.1, 0.15) is 37.0 Å². The van der Waals surface area contributed by atoms with Crippen LogP contribution in [0.3, 0.4) is 0 Å². The minimum absolute atomic E-state index is 0.0580. The second-order valence-electron chi connectivity index (χ2n) is 6.40. The topological polar surface area (TPSA) is 60.3 Å². The average molecular weight is 342 g/mol. The van der Waals surface area contributed by atoms with Crippen LogP contribution in [0.4, 0.5) is 0 Å². The number of nitrogens with one attached hydrogen (secondary N) is 1. The van der Waals surface area contributed by atoms with Crippen molar-refractivity contribution in [1.82, 2.24) is 9.88 Å². The van der Waals surface area contributed by atoms with Crippen LogP contribution in [0.5, 0.6) is 0 Å². The summed E-state index contributed by atoms with van der Waals surface area (Å²) >= 11 is 0. The summed E-state index contributed by atoms with van der Waals surface area (Å²) in [6, 6.07) is 7.13. The lowest BCUT2D eigenvalue weighted by Crippen LogP contribution is -2.45. The van der Waals surface area contributed by atoms with Crippen molar-refractivity contribution in [3.8, 4) is 0 Å². The van der Waals surface area contributed by atoms with Gasteiger partial charge in [0.25, 0.3) is 5.91 Å². The largest absolute Gasteiger partial charge is 0.467 e. The number of hydrogen-bond donors (Lipinski definition) is 1. The minimum Gasteiger partial charge on any atom is -0.467 e. The summed E-state index contributed by atoms with van der Waals surface area (Å²) in [7, 11) is 1.33. The molecule has 2 aromatic rings. The molecule has 0 aliphatic heterocycles. The molecule has 5 nitrogen and oxygen atoms in total. The standard InChI is InChI=1S/C20H26N2O3/c1-5-6-9-12-22-13-16(15-10-7-8-11-17(15)22)19(23)21-18(14(2)3)20(24)25-4/h5,7-8,10-11,13-14,18H,1,6,9,12H2,2-4H3,(H,21,23). The predicted octanol–water partition coefficient (Wildman–Crippen LogP) is 3.53. The van der Waals surface area contributed by atoms with E-state index in [1.54, 1.807) is 0 Å². The van der Waals surface area contributed by atoms with E-state index in [1.807, 2.05) is 50.4 Å². The number of methoxy groups -OCH3 is 1. The van der Waals surface area contributed by atoms with Crippen molar-refractivity contribution in [3.05, 3.63) is 48.7 Å². The molecule has 1 unspecified atom stereocenters. The number of carbonyl (C=O) groups excluding carboxylic acids is 2. The molecule has 1 aromatic heterocycles. The van der Waals surface area contributed by atoms with Crippen LogP contribution < -0.4 is 5.32 Å². The Balaban J connectivity index is 2.31. The molecule has 1 atom stereocenters. The first-order valence-electron chi connectivity index (χ1n) is 8.57. The van der Waals surface area contributed by atoms with E-state index in [9.17, 15) is 9.59 Å². The second kappa shape index (κ2) is 8.51. The molecule has 0 bridgehead atoms. The van der Waals surface area contributed by atoms with E-state index < -0.39 is 12.0 Å². The first-order valence-corrected chi connectivity index (χ1v) is 8.57. The number of para-hydroxylation sites is 1. The van der Waals surface area contributed by atoms with E-state index in [1.165, 1.54) is 7.11 Å². The van der Waals surface area contributed by atoms with Crippen LogP contribution in [-0.2, 0) is 16.1 Å². The number of aryl methyl sites for hydroxylation is 1. The molecule has 0 saturated carbocycles. The number of benzene rings is 1. The Kier molecular flexibility index (Phi) is 6.39. The summed E-state index contributed by atoms with van der Waals surface area (Å²) < 4.78 is 6.88. The summed E-state index contributed by atoms with van der Waals surface area (Å²) in [6.07, 6.45) is 5.63. The van der Waals surface area contributed by atoms with Gasteiger partial charge in [0.05, 0.1) is 12.7 Å². The number of esters is 1. The maximum Gasteiger partial charge on any atom is 0.328 e. The first kappa shape index (κ1) is 18.8. The molecule has 0 fully saturated rings. The molecule has 0 radical (unpaired) electrons. The zero-order chi connectivity index (χ0) is 18.4. The molecule has 0 aliphatic rings. The lowest BCUT2D eigenvalue weighted by atomic mass is 10.0. The molecule has 25 heavy (non-hydrogen) atoms. The number of ether oxygens (including phenoxy) is 1. The maximum absolute atomic E-state index is 12.8. The number of fused-ring (bicyclic) bond motifs is 1. The number of carbonyl (C=O) groups is 2. The molecular weight excluding hydrogens is 316 g/mol. The van der Waals surface area contributed by atoms with Gasteiger partial charge in [-0.05, 0) is 24.8 Å². The van der Waals surface area contributed by atoms with Gasteiger partial charge < -0.3 is 14.6 Å². The van der Waals surface area contributed by atoms with Crippen molar-refractivity contribution >= 4 is 22.8 Å². The van der Waals surface area contributed by atoms with Gasteiger partial charge in [-0.3, -0.25) is 4.79 Å². The van der Waals surface area contributed by atoms with Crippen molar-refractivity contribution in [2.45, 2.75) is 39.3 Å². The van der Waals surface area contributed by atoms with E-state index in [0.29, 0.717) is 5.56 Å². The molecule has 5 heteroatoms. The highest BCUT2D eigenvalue weighted by molar-refractivity contribution is 6.08. The van der Waals surface area contributed by atoms with Gasteiger partial charge in [0.1, 0.15) is 6.04 Å². The normalized spacial score (nSPS) is 12.2. The molecule has 1 amide bonds. The van der Waals surface area contributed by atoms with E-state index in [0.717, 1.165) is 30.3 Å². The van der Waals surface area contributed by atoms with E-state index in [2.05, 4.69) is 16.5 Å². The Morgan fingerprint density at radius 1 is 1.32 bits per heavy atom. The lowest BCUT2D eigenvalue weighted by Gasteiger charge is -2.19. The zero-order valence-electron chi connectivity index (χ0n) is 15.1. The summed E-state index contributed by atoms with van der Waals surface area (Å²) in [5.41, 5.74) is 1.58. The van der Waals surface area contributed by atoms with Crippen molar-refractivity contribution < 1.29 is 14.3 Å². The molecule has 1 aromatic carbocycles. The fourth-order valence-corrected chi connectivity index (χ4v) is 2.86. The zero-order valence-corrected chi connectivity index (χ0v) is 15.1. The summed E-state index contributed by atoms with van der Waals surface area (Å²) in [5.74, 6) is -0.752. The molecule has 134 valence electrons. The molecule has 1 heterocycles. The monoisotopic (exact) mass is 342 g/mol. The Bertz CT molecular complexity index is 761. The third kappa shape index (κ3) is 4.29. The summed E-state index contributed by atoms with van der Waals surface area (Å²) in [5, 5.41) is 3.69. The highest BCUT2D eigenvalue weighted by Crippen LogP contribution is 2.22. The number of aromatic nitrogens is 1. The smallest absolute Gasteiger partial charge is 0.328 e. The molecule has 1 N–H and O–H groups in total. The molecule has 0 saturated heterocycles. The lowest BCUT2D eigenvalue weighted by molar-refractivity contribution is -0.144. The van der Waals surface area contributed by atoms with Crippen molar-refractivity contribution in [3.63, 3.8) is 0 Å². The predicted molar refractivity (Wildman–Crippen MR) is 99.5 cm³/mol. The molecule has 0 spiro atoms. The van der Waals surface area contributed by atoms with E-state index >= 15 is 0 Å². The second-order valence-corrected chi connectivity index (χ2v) is 6.40. The van der Waals surface area contributed by atoms with Crippen LogP contribution >= 0.6 is 0 Å². The van der Waals surface area contributed by atoms with Crippen molar-refractivity contribution in [2.24, 2.45) is 5.92 Å². The maximum atomic E-state index is 12.8. The van der Waals surface area contributed by atoms with Gasteiger partial charge >= 0.3 is 5.97 Å². The fraction of sp³-hybridized carbons (Fsp3) is 0.400. The average Bonchev–Trinajstić information content (AvgIpc) is 2.98. The van der Waals surface area contributed by atoms with Gasteiger partial charge in [-0.25, -0.2) is 4.79 Å². The molecule has 2 rings (SSSR count). The Labute approximate surface area is 148 Å². The Morgan fingerprint density at radius 3 is 2.68 bits per heavy atom. The molecule has 0 aliphatic carbocycles. The van der Waals surface area contributed by atoms with E-state index in [-0.39, 0.29) is 11.8 Å². The van der Waals surface area contributed by atoms with Crippen molar-refractivity contribution in [2.75, 3.05) is 7.11 Å².